The van der Waals surface area contributed by atoms with Gasteiger partial charge >= 0.3 is 0 Å². The molecule has 1 aromatic rings. The second-order valence-corrected chi connectivity index (χ2v) is 2.20. The third-order valence-corrected chi connectivity index (χ3v) is 1.23. The van der Waals surface area contributed by atoms with E-state index in [-0.39, 0.29) is 0 Å². The standard InChI is InChI=1S/C7H12N4/c1-3-4-11-6-9-7(10-11)5-8-2/h3,6,8H,1,4-5H2,2H3. The van der Waals surface area contributed by atoms with Gasteiger partial charge in [-0.3, -0.25) is 0 Å². The molecule has 0 saturated carbocycles. The predicted octanol–water partition coefficient (Wildman–Crippen LogP) is 0.183. The molecule has 1 rings (SSSR count). The molecule has 0 fully saturated rings. The molecule has 1 N–H and O–H groups in total. The highest BCUT2D eigenvalue weighted by molar-refractivity contribution is 4.81. The molecule has 0 aromatic carbocycles. The van der Waals surface area contributed by atoms with Crippen LogP contribution >= 0.6 is 0 Å². The van der Waals surface area contributed by atoms with E-state index >= 15 is 0 Å². The van der Waals surface area contributed by atoms with Gasteiger partial charge < -0.3 is 5.32 Å². The lowest BCUT2D eigenvalue weighted by atomic mass is 10.6. The average molecular weight is 152 g/mol. The maximum Gasteiger partial charge on any atom is 0.164 e. The molecule has 60 valence electrons. The van der Waals surface area contributed by atoms with Crippen LogP contribution in [0, 0.1) is 0 Å². The maximum atomic E-state index is 4.16. The lowest BCUT2D eigenvalue weighted by molar-refractivity contribution is 0.670. The minimum atomic E-state index is 0.712. The summed E-state index contributed by atoms with van der Waals surface area (Å²) in [5, 5.41) is 7.14. The first-order valence-electron chi connectivity index (χ1n) is 3.50. The van der Waals surface area contributed by atoms with Crippen molar-refractivity contribution >= 4 is 0 Å². The zero-order valence-corrected chi connectivity index (χ0v) is 6.62. The van der Waals surface area contributed by atoms with Crippen molar-refractivity contribution in [2.75, 3.05) is 7.05 Å². The molecule has 11 heavy (non-hydrogen) atoms. The van der Waals surface area contributed by atoms with Crippen LogP contribution in [-0.2, 0) is 13.1 Å². The number of nitrogens with one attached hydrogen (secondary N) is 1. The number of allylic oxidation sites excluding steroid dienone is 1. The normalized spacial score (nSPS) is 9.91. The van der Waals surface area contributed by atoms with Crippen LogP contribution in [0.2, 0.25) is 0 Å². The van der Waals surface area contributed by atoms with Gasteiger partial charge in [-0.05, 0) is 7.05 Å². The number of rotatable bonds is 4. The maximum absolute atomic E-state index is 4.16. The van der Waals surface area contributed by atoms with Crippen LogP contribution in [0.3, 0.4) is 0 Å². The Hall–Kier alpha value is -1.16. The summed E-state index contributed by atoms with van der Waals surface area (Å²) in [5.74, 6) is 0.814. The van der Waals surface area contributed by atoms with E-state index in [0.717, 1.165) is 12.4 Å². The van der Waals surface area contributed by atoms with E-state index < -0.39 is 0 Å². The summed E-state index contributed by atoms with van der Waals surface area (Å²) in [6, 6.07) is 0. The fourth-order valence-electron chi connectivity index (χ4n) is 0.793. The van der Waals surface area contributed by atoms with Gasteiger partial charge in [0.15, 0.2) is 5.82 Å². The van der Waals surface area contributed by atoms with Crippen LogP contribution < -0.4 is 5.32 Å². The number of aromatic nitrogens is 3. The Morgan fingerprint density at radius 3 is 3.27 bits per heavy atom. The Morgan fingerprint density at radius 1 is 1.82 bits per heavy atom. The summed E-state index contributed by atoms with van der Waals surface area (Å²) < 4.78 is 1.75. The zero-order valence-electron chi connectivity index (χ0n) is 6.62. The van der Waals surface area contributed by atoms with Gasteiger partial charge in [-0.15, -0.1) is 6.58 Å². The average Bonchev–Trinajstić information content (AvgIpc) is 2.38. The van der Waals surface area contributed by atoms with E-state index in [4.69, 9.17) is 0 Å². The number of hydrogen-bond donors (Lipinski definition) is 1. The van der Waals surface area contributed by atoms with Crippen molar-refractivity contribution in [3.63, 3.8) is 0 Å². The van der Waals surface area contributed by atoms with Crippen LogP contribution in [0.5, 0.6) is 0 Å². The van der Waals surface area contributed by atoms with Crippen molar-refractivity contribution in [2.24, 2.45) is 0 Å². The fraction of sp³-hybridized carbons (Fsp3) is 0.429. The summed E-state index contributed by atoms with van der Waals surface area (Å²) in [4.78, 5) is 4.07. The van der Waals surface area contributed by atoms with Crippen molar-refractivity contribution in [3.8, 4) is 0 Å². The first-order valence-corrected chi connectivity index (χ1v) is 3.50. The summed E-state index contributed by atoms with van der Waals surface area (Å²) in [6.45, 7) is 5.04. The first kappa shape index (κ1) is 7.94. The molecule has 0 saturated heterocycles. The van der Waals surface area contributed by atoms with Gasteiger partial charge in [0, 0.05) is 0 Å². The lowest BCUT2D eigenvalue weighted by Gasteiger charge is -1.91. The van der Waals surface area contributed by atoms with Gasteiger partial charge in [-0.25, -0.2) is 9.67 Å². The predicted molar refractivity (Wildman–Crippen MR) is 43.0 cm³/mol. The lowest BCUT2D eigenvalue weighted by Crippen LogP contribution is -2.07. The molecule has 0 unspecified atom stereocenters. The van der Waals surface area contributed by atoms with Crippen LogP contribution in [0.25, 0.3) is 0 Å². The molecular formula is C7H12N4. The summed E-state index contributed by atoms with van der Waals surface area (Å²) >= 11 is 0. The van der Waals surface area contributed by atoms with Crippen molar-refractivity contribution in [1.82, 2.24) is 20.1 Å². The van der Waals surface area contributed by atoms with Crippen LogP contribution in [-0.4, -0.2) is 21.8 Å². The molecule has 1 aromatic heterocycles. The Morgan fingerprint density at radius 2 is 2.64 bits per heavy atom. The SMILES string of the molecule is C=CCn1cnc(CNC)n1. The Balaban J connectivity index is 2.57. The Kier molecular flexibility index (Phi) is 2.80. The first-order chi connectivity index (χ1) is 5.36. The molecule has 4 nitrogen and oxygen atoms in total. The van der Waals surface area contributed by atoms with Crippen LogP contribution in [0.1, 0.15) is 5.82 Å². The van der Waals surface area contributed by atoms with Gasteiger partial charge in [0.1, 0.15) is 6.33 Å². The zero-order chi connectivity index (χ0) is 8.10. The van der Waals surface area contributed by atoms with Crippen molar-refractivity contribution in [1.29, 1.82) is 0 Å². The molecule has 0 atom stereocenters. The topological polar surface area (TPSA) is 42.7 Å². The summed E-state index contributed by atoms with van der Waals surface area (Å²) in [5.41, 5.74) is 0. The van der Waals surface area contributed by atoms with Gasteiger partial charge in [-0.2, -0.15) is 5.10 Å². The molecule has 1 heterocycles. The van der Waals surface area contributed by atoms with Crippen molar-refractivity contribution < 1.29 is 0 Å². The third-order valence-electron chi connectivity index (χ3n) is 1.23. The Labute approximate surface area is 65.9 Å². The summed E-state index contributed by atoms with van der Waals surface area (Å²) in [7, 11) is 1.87. The third kappa shape index (κ3) is 2.16. The van der Waals surface area contributed by atoms with Crippen molar-refractivity contribution in [3.05, 3.63) is 24.8 Å². The highest BCUT2D eigenvalue weighted by Crippen LogP contribution is 1.88. The van der Waals surface area contributed by atoms with E-state index in [9.17, 15) is 0 Å². The van der Waals surface area contributed by atoms with E-state index in [2.05, 4.69) is 22.0 Å². The van der Waals surface area contributed by atoms with E-state index in [1.165, 1.54) is 0 Å². The molecule has 4 heteroatoms. The quantitative estimate of drug-likeness (QED) is 0.626. The fourth-order valence-corrected chi connectivity index (χ4v) is 0.793. The second-order valence-electron chi connectivity index (χ2n) is 2.20. The summed E-state index contributed by atoms with van der Waals surface area (Å²) in [6.07, 6.45) is 3.49. The largest absolute Gasteiger partial charge is 0.313 e. The van der Waals surface area contributed by atoms with E-state index in [1.54, 1.807) is 17.1 Å². The monoisotopic (exact) mass is 152 g/mol. The minimum absolute atomic E-state index is 0.712. The molecule has 0 aliphatic rings. The highest BCUT2D eigenvalue weighted by atomic mass is 15.3. The van der Waals surface area contributed by atoms with Gasteiger partial charge in [-0.1, -0.05) is 6.08 Å². The molecule has 0 spiro atoms. The number of hydrogen-bond acceptors (Lipinski definition) is 3. The molecule has 0 bridgehead atoms. The van der Waals surface area contributed by atoms with Crippen LogP contribution in [0.4, 0.5) is 0 Å². The molecular weight excluding hydrogens is 140 g/mol. The van der Waals surface area contributed by atoms with Crippen molar-refractivity contribution in [2.45, 2.75) is 13.1 Å². The van der Waals surface area contributed by atoms with E-state index in [1.807, 2.05) is 7.05 Å². The molecule has 0 aliphatic carbocycles. The number of nitrogens with zero attached hydrogens (tertiary/aromatic N) is 3. The highest BCUT2D eigenvalue weighted by Gasteiger charge is 1.95. The second kappa shape index (κ2) is 3.88. The molecule has 0 radical (unpaired) electrons. The van der Waals surface area contributed by atoms with Gasteiger partial charge in [0.05, 0.1) is 13.1 Å². The minimum Gasteiger partial charge on any atom is -0.313 e. The molecule has 0 amide bonds. The molecule has 0 aliphatic heterocycles. The Bertz CT molecular complexity index is 228. The smallest absolute Gasteiger partial charge is 0.164 e. The van der Waals surface area contributed by atoms with Gasteiger partial charge in [0.2, 0.25) is 0 Å². The van der Waals surface area contributed by atoms with Crippen LogP contribution in [0.15, 0.2) is 19.0 Å². The van der Waals surface area contributed by atoms with E-state index in [0.29, 0.717) is 6.54 Å². The van der Waals surface area contributed by atoms with Gasteiger partial charge in [0.25, 0.3) is 0 Å².